The molecule has 1 aliphatic carbocycles. The molecule has 20 heavy (non-hydrogen) atoms. The predicted molar refractivity (Wildman–Crippen MR) is 82.6 cm³/mol. The zero-order chi connectivity index (χ0) is 13.8. The minimum Gasteiger partial charge on any atom is -0.311 e. The van der Waals surface area contributed by atoms with Crippen molar-refractivity contribution in [3.63, 3.8) is 0 Å². The van der Waals surface area contributed by atoms with Crippen LogP contribution in [-0.2, 0) is 0 Å². The largest absolute Gasteiger partial charge is 0.311 e. The van der Waals surface area contributed by atoms with Crippen LogP contribution in [0.25, 0.3) is 0 Å². The summed E-state index contributed by atoms with van der Waals surface area (Å²) in [5.74, 6) is 0.896. The van der Waals surface area contributed by atoms with Crippen LogP contribution in [0.15, 0.2) is 24.5 Å². The summed E-state index contributed by atoms with van der Waals surface area (Å²) in [7, 11) is 0. The van der Waals surface area contributed by atoms with Gasteiger partial charge < -0.3 is 5.32 Å². The van der Waals surface area contributed by atoms with Crippen molar-refractivity contribution in [2.24, 2.45) is 5.92 Å². The second-order valence-electron chi connectivity index (χ2n) is 6.42. The Morgan fingerprint density at radius 3 is 2.90 bits per heavy atom. The number of hydrogen-bond acceptors (Lipinski definition) is 3. The first-order valence-corrected chi connectivity index (χ1v) is 8.22. The Labute approximate surface area is 122 Å². The maximum Gasteiger partial charge on any atom is 0.0336 e. The van der Waals surface area contributed by atoms with E-state index in [0.717, 1.165) is 19.0 Å². The highest BCUT2D eigenvalue weighted by molar-refractivity contribution is 5.13. The molecule has 1 N–H and O–H groups in total. The van der Waals surface area contributed by atoms with Crippen LogP contribution >= 0.6 is 0 Å². The lowest BCUT2D eigenvalue weighted by Gasteiger charge is -2.41. The van der Waals surface area contributed by atoms with Gasteiger partial charge in [-0.05, 0) is 37.3 Å². The molecule has 3 heteroatoms. The molecule has 2 fully saturated rings. The van der Waals surface area contributed by atoms with Crippen LogP contribution in [0.4, 0.5) is 0 Å². The van der Waals surface area contributed by atoms with Crippen molar-refractivity contribution in [3.05, 3.63) is 30.1 Å². The third kappa shape index (κ3) is 3.21. The average molecular weight is 273 g/mol. The monoisotopic (exact) mass is 273 g/mol. The van der Waals surface area contributed by atoms with Gasteiger partial charge in [0.25, 0.3) is 0 Å². The molecule has 3 nitrogen and oxygen atoms in total. The Morgan fingerprint density at radius 1 is 1.30 bits per heavy atom. The average Bonchev–Trinajstić information content (AvgIpc) is 2.56. The first-order valence-electron chi connectivity index (χ1n) is 8.22. The Kier molecular flexibility index (Phi) is 4.69. The first kappa shape index (κ1) is 14.0. The van der Waals surface area contributed by atoms with Crippen molar-refractivity contribution in [3.8, 4) is 0 Å². The molecule has 0 bridgehead atoms. The van der Waals surface area contributed by atoms with Gasteiger partial charge >= 0.3 is 0 Å². The van der Waals surface area contributed by atoms with Crippen LogP contribution in [0.5, 0.6) is 0 Å². The van der Waals surface area contributed by atoms with Gasteiger partial charge in [-0.3, -0.25) is 9.88 Å². The van der Waals surface area contributed by atoms with E-state index in [4.69, 9.17) is 0 Å². The lowest BCUT2D eigenvalue weighted by Crippen LogP contribution is -2.54. The summed E-state index contributed by atoms with van der Waals surface area (Å²) >= 11 is 0. The van der Waals surface area contributed by atoms with Gasteiger partial charge in [-0.1, -0.05) is 25.3 Å². The van der Waals surface area contributed by atoms with E-state index in [-0.39, 0.29) is 0 Å². The Morgan fingerprint density at radius 2 is 2.15 bits per heavy atom. The molecule has 110 valence electrons. The van der Waals surface area contributed by atoms with Gasteiger partial charge in [0.15, 0.2) is 0 Å². The maximum atomic E-state index is 4.27. The number of aromatic nitrogens is 1. The number of pyridine rings is 1. The molecule has 1 saturated carbocycles. The number of nitrogens with one attached hydrogen (secondary N) is 1. The summed E-state index contributed by atoms with van der Waals surface area (Å²) in [5, 5.41) is 3.77. The number of nitrogens with zero attached hydrogens (tertiary/aromatic N) is 2. The second kappa shape index (κ2) is 6.68. The topological polar surface area (TPSA) is 28.2 Å². The molecule has 3 rings (SSSR count). The van der Waals surface area contributed by atoms with E-state index >= 15 is 0 Å². The molecule has 1 saturated heterocycles. The van der Waals surface area contributed by atoms with E-state index in [9.17, 15) is 0 Å². The van der Waals surface area contributed by atoms with Crippen molar-refractivity contribution in [1.29, 1.82) is 0 Å². The highest BCUT2D eigenvalue weighted by Gasteiger charge is 2.30. The van der Waals surface area contributed by atoms with Crippen molar-refractivity contribution < 1.29 is 0 Å². The van der Waals surface area contributed by atoms with Crippen molar-refractivity contribution in [2.75, 3.05) is 19.6 Å². The van der Waals surface area contributed by atoms with Crippen molar-refractivity contribution in [2.45, 2.75) is 51.1 Å². The van der Waals surface area contributed by atoms with E-state index in [0.29, 0.717) is 12.1 Å². The number of piperazine rings is 1. The zero-order valence-electron chi connectivity index (χ0n) is 12.6. The normalized spacial score (nSPS) is 27.4. The van der Waals surface area contributed by atoms with E-state index in [1.807, 2.05) is 18.5 Å². The van der Waals surface area contributed by atoms with E-state index in [2.05, 4.69) is 28.2 Å². The molecule has 2 atom stereocenters. The highest BCUT2D eigenvalue weighted by Crippen LogP contribution is 2.29. The molecule has 0 radical (unpaired) electrons. The number of hydrogen-bond donors (Lipinski definition) is 1. The summed E-state index contributed by atoms with van der Waals surface area (Å²) < 4.78 is 0. The van der Waals surface area contributed by atoms with Gasteiger partial charge in [0.2, 0.25) is 0 Å². The first-order chi connectivity index (χ1) is 9.84. The third-order valence-corrected chi connectivity index (χ3v) is 5.17. The molecule has 1 aliphatic heterocycles. The molecule has 2 unspecified atom stereocenters. The SMILES string of the molecule is CC(c1cccnc1)N1CCNC(C2CCCCC2)C1. The Hall–Kier alpha value is -0.930. The molecule has 1 aromatic heterocycles. The van der Waals surface area contributed by atoms with Crippen LogP contribution in [0, 0.1) is 5.92 Å². The third-order valence-electron chi connectivity index (χ3n) is 5.17. The van der Waals surface area contributed by atoms with Crippen LogP contribution in [0.1, 0.15) is 50.6 Å². The standard InChI is InChI=1S/C17H27N3/c1-14(16-8-5-9-18-12-16)20-11-10-19-17(13-20)15-6-3-2-4-7-15/h5,8-9,12,14-15,17,19H,2-4,6-7,10-11,13H2,1H3. The summed E-state index contributed by atoms with van der Waals surface area (Å²) in [6, 6.07) is 5.43. The molecular formula is C17H27N3. The van der Waals surface area contributed by atoms with Gasteiger partial charge in [-0.2, -0.15) is 0 Å². The Bertz CT molecular complexity index is 400. The fourth-order valence-corrected chi connectivity index (χ4v) is 3.84. The summed E-state index contributed by atoms with van der Waals surface area (Å²) in [6.07, 6.45) is 11.0. The van der Waals surface area contributed by atoms with Crippen LogP contribution in [0.3, 0.4) is 0 Å². The summed E-state index contributed by atoms with van der Waals surface area (Å²) in [6.45, 7) is 5.80. The fourth-order valence-electron chi connectivity index (χ4n) is 3.84. The van der Waals surface area contributed by atoms with Gasteiger partial charge in [0.1, 0.15) is 0 Å². The summed E-state index contributed by atoms with van der Waals surface area (Å²) in [4.78, 5) is 6.90. The molecular weight excluding hydrogens is 246 g/mol. The van der Waals surface area contributed by atoms with Crippen LogP contribution in [-0.4, -0.2) is 35.6 Å². The fraction of sp³-hybridized carbons (Fsp3) is 0.706. The van der Waals surface area contributed by atoms with Crippen molar-refractivity contribution in [1.82, 2.24) is 15.2 Å². The quantitative estimate of drug-likeness (QED) is 0.917. The predicted octanol–water partition coefficient (Wildman–Crippen LogP) is 3.00. The lowest BCUT2D eigenvalue weighted by atomic mass is 9.83. The molecule has 2 aliphatic rings. The lowest BCUT2D eigenvalue weighted by molar-refractivity contribution is 0.114. The summed E-state index contributed by atoms with van der Waals surface area (Å²) in [5.41, 5.74) is 1.34. The Balaban J connectivity index is 1.62. The molecule has 0 spiro atoms. The molecule has 1 aromatic rings. The van der Waals surface area contributed by atoms with Gasteiger partial charge in [-0.15, -0.1) is 0 Å². The van der Waals surface area contributed by atoms with E-state index < -0.39 is 0 Å². The van der Waals surface area contributed by atoms with Crippen molar-refractivity contribution >= 4 is 0 Å². The molecule has 0 aromatic carbocycles. The molecule has 0 amide bonds. The second-order valence-corrected chi connectivity index (χ2v) is 6.42. The van der Waals surface area contributed by atoms with Crippen LogP contribution < -0.4 is 5.32 Å². The van der Waals surface area contributed by atoms with Gasteiger partial charge in [-0.25, -0.2) is 0 Å². The van der Waals surface area contributed by atoms with E-state index in [1.165, 1.54) is 44.2 Å². The zero-order valence-corrected chi connectivity index (χ0v) is 12.6. The van der Waals surface area contributed by atoms with Crippen LogP contribution in [0.2, 0.25) is 0 Å². The van der Waals surface area contributed by atoms with E-state index in [1.54, 1.807) is 0 Å². The number of rotatable bonds is 3. The van der Waals surface area contributed by atoms with Gasteiger partial charge in [0.05, 0.1) is 0 Å². The van der Waals surface area contributed by atoms with Gasteiger partial charge in [0, 0.05) is 44.1 Å². The maximum absolute atomic E-state index is 4.27. The molecule has 2 heterocycles. The minimum absolute atomic E-state index is 0.483. The smallest absolute Gasteiger partial charge is 0.0336 e. The minimum atomic E-state index is 0.483. The highest BCUT2D eigenvalue weighted by atomic mass is 15.2.